The molecule has 24 heavy (non-hydrogen) atoms. The lowest BCUT2D eigenvalue weighted by atomic mass is 10.0. The minimum absolute atomic E-state index is 0.0673. The largest absolute Gasteiger partial charge is 0.466 e. The van der Waals surface area contributed by atoms with Crippen LogP contribution in [-0.4, -0.2) is 67.2 Å². The standard InChI is InChI=1S/C17H30N2O5/c1-7-18(8-2)17(22)19(9-3)14(13(4)5)12-24-16(21)11-10-15(20)23-6/h10-11,13-14H,7-9,12H2,1-6H3/b11-10+/t14-/m0/s1. The molecular formula is C17H30N2O5. The topological polar surface area (TPSA) is 76.2 Å². The molecule has 0 aliphatic carbocycles. The smallest absolute Gasteiger partial charge is 0.331 e. The molecule has 7 nitrogen and oxygen atoms in total. The molecule has 0 radical (unpaired) electrons. The van der Waals surface area contributed by atoms with Gasteiger partial charge in [0.25, 0.3) is 0 Å². The first-order chi connectivity index (χ1) is 11.3. The second-order valence-electron chi connectivity index (χ2n) is 5.54. The Balaban J connectivity index is 4.94. The average molecular weight is 342 g/mol. The molecule has 0 rings (SSSR count). The number of methoxy groups -OCH3 is 1. The van der Waals surface area contributed by atoms with E-state index in [0.29, 0.717) is 19.6 Å². The molecule has 138 valence electrons. The van der Waals surface area contributed by atoms with Gasteiger partial charge < -0.3 is 19.3 Å². The molecule has 0 spiro atoms. The van der Waals surface area contributed by atoms with Crippen LogP contribution in [0.4, 0.5) is 4.79 Å². The van der Waals surface area contributed by atoms with Crippen molar-refractivity contribution in [2.75, 3.05) is 33.4 Å². The lowest BCUT2D eigenvalue weighted by Crippen LogP contribution is -2.51. The Kier molecular flexibility index (Phi) is 10.5. The van der Waals surface area contributed by atoms with Crippen LogP contribution in [0.5, 0.6) is 0 Å². The zero-order valence-electron chi connectivity index (χ0n) is 15.6. The molecule has 0 saturated heterocycles. The van der Waals surface area contributed by atoms with E-state index in [-0.39, 0.29) is 24.6 Å². The number of nitrogens with zero attached hydrogens (tertiary/aromatic N) is 2. The van der Waals surface area contributed by atoms with Gasteiger partial charge in [0.15, 0.2) is 0 Å². The fourth-order valence-corrected chi connectivity index (χ4v) is 2.25. The minimum Gasteiger partial charge on any atom is -0.466 e. The van der Waals surface area contributed by atoms with Crippen LogP contribution < -0.4 is 0 Å². The molecule has 0 aliphatic heterocycles. The Hall–Kier alpha value is -2.05. The molecular weight excluding hydrogens is 312 g/mol. The fraction of sp³-hybridized carbons (Fsp3) is 0.706. The van der Waals surface area contributed by atoms with Crippen molar-refractivity contribution in [1.29, 1.82) is 0 Å². The van der Waals surface area contributed by atoms with E-state index in [4.69, 9.17) is 4.74 Å². The summed E-state index contributed by atoms with van der Waals surface area (Å²) in [6.07, 6.45) is 2.02. The van der Waals surface area contributed by atoms with Gasteiger partial charge in [-0.05, 0) is 26.7 Å². The first kappa shape index (κ1) is 21.9. The Bertz CT molecular complexity index is 444. The summed E-state index contributed by atoms with van der Waals surface area (Å²) >= 11 is 0. The molecule has 0 aromatic rings. The second kappa shape index (κ2) is 11.5. The van der Waals surface area contributed by atoms with E-state index >= 15 is 0 Å². The molecule has 1 atom stereocenters. The third-order valence-corrected chi connectivity index (χ3v) is 3.74. The molecule has 0 saturated carbocycles. The molecule has 0 bridgehead atoms. The number of carbonyl (C=O) groups excluding carboxylic acids is 3. The molecule has 0 N–H and O–H groups in total. The first-order valence-corrected chi connectivity index (χ1v) is 8.30. The summed E-state index contributed by atoms with van der Waals surface area (Å²) in [6, 6.07) is -0.305. The number of likely N-dealkylation sites (N-methyl/N-ethyl adjacent to an activating group) is 1. The maximum absolute atomic E-state index is 12.6. The van der Waals surface area contributed by atoms with E-state index in [1.165, 1.54) is 7.11 Å². The first-order valence-electron chi connectivity index (χ1n) is 8.30. The quantitative estimate of drug-likeness (QED) is 0.473. The van der Waals surface area contributed by atoms with Crippen molar-refractivity contribution >= 4 is 18.0 Å². The molecule has 7 heteroatoms. The maximum Gasteiger partial charge on any atom is 0.331 e. The number of amides is 2. The van der Waals surface area contributed by atoms with E-state index in [1.807, 2.05) is 34.6 Å². The van der Waals surface area contributed by atoms with Crippen LogP contribution in [0.25, 0.3) is 0 Å². The number of ether oxygens (including phenoxy) is 2. The van der Waals surface area contributed by atoms with Crippen molar-refractivity contribution in [3.05, 3.63) is 12.2 Å². The predicted octanol–water partition coefficient (Wildman–Crippen LogP) is 2.07. The summed E-state index contributed by atoms with van der Waals surface area (Å²) in [4.78, 5) is 38.7. The van der Waals surface area contributed by atoms with Crippen LogP contribution in [0, 0.1) is 5.92 Å². The van der Waals surface area contributed by atoms with E-state index < -0.39 is 11.9 Å². The van der Waals surface area contributed by atoms with Crippen molar-refractivity contribution in [3.8, 4) is 0 Å². The van der Waals surface area contributed by atoms with E-state index in [0.717, 1.165) is 12.2 Å². The molecule has 0 aromatic heterocycles. The predicted molar refractivity (Wildman–Crippen MR) is 91.4 cm³/mol. The Morgan fingerprint density at radius 1 is 0.958 bits per heavy atom. The summed E-state index contributed by atoms with van der Waals surface area (Å²) < 4.78 is 9.61. The third kappa shape index (κ3) is 7.02. The van der Waals surface area contributed by atoms with Crippen LogP contribution in [0.1, 0.15) is 34.6 Å². The van der Waals surface area contributed by atoms with Crippen LogP contribution in [-0.2, 0) is 19.1 Å². The summed E-state index contributed by atoms with van der Waals surface area (Å²) in [5.41, 5.74) is 0. The van der Waals surface area contributed by atoms with Gasteiger partial charge in [-0.15, -0.1) is 0 Å². The molecule has 0 fully saturated rings. The van der Waals surface area contributed by atoms with Gasteiger partial charge in [-0.1, -0.05) is 13.8 Å². The van der Waals surface area contributed by atoms with Gasteiger partial charge in [0.2, 0.25) is 0 Å². The van der Waals surface area contributed by atoms with Crippen LogP contribution in [0.2, 0.25) is 0 Å². The minimum atomic E-state index is -0.641. The molecule has 0 aromatic carbocycles. The summed E-state index contributed by atoms with van der Waals surface area (Å²) in [5, 5.41) is 0. The summed E-state index contributed by atoms with van der Waals surface area (Å²) in [7, 11) is 1.23. The fourth-order valence-electron chi connectivity index (χ4n) is 2.25. The van der Waals surface area contributed by atoms with Crippen molar-refractivity contribution in [2.45, 2.75) is 40.7 Å². The zero-order valence-corrected chi connectivity index (χ0v) is 15.6. The highest BCUT2D eigenvalue weighted by molar-refractivity contribution is 5.91. The number of hydrogen-bond acceptors (Lipinski definition) is 5. The van der Waals surface area contributed by atoms with E-state index in [2.05, 4.69) is 4.74 Å². The Morgan fingerprint density at radius 3 is 1.92 bits per heavy atom. The molecule has 0 heterocycles. The van der Waals surface area contributed by atoms with Gasteiger partial charge in [0.1, 0.15) is 6.61 Å². The van der Waals surface area contributed by atoms with Crippen molar-refractivity contribution in [2.24, 2.45) is 5.92 Å². The van der Waals surface area contributed by atoms with Crippen molar-refractivity contribution in [1.82, 2.24) is 9.80 Å². The van der Waals surface area contributed by atoms with Crippen molar-refractivity contribution in [3.63, 3.8) is 0 Å². The number of carbonyl (C=O) groups is 3. The van der Waals surface area contributed by atoms with Gasteiger partial charge in [-0.25, -0.2) is 14.4 Å². The lowest BCUT2D eigenvalue weighted by Gasteiger charge is -2.36. The van der Waals surface area contributed by atoms with E-state index in [9.17, 15) is 14.4 Å². The van der Waals surface area contributed by atoms with Crippen LogP contribution in [0.3, 0.4) is 0 Å². The van der Waals surface area contributed by atoms with Gasteiger partial charge in [-0.3, -0.25) is 0 Å². The van der Waals surface area contributed by atoms with Crippen LogP contribution in [0.15, 0.2) is 12.2 Å². The van der Waals surface area contributed by atoms with Crippen LogP contribution >= 0.6 is 0 Å². The van der Waals surface area contributed by atoms with Gasteiger partial charge >= 0.3 is 18.0 Å². The Labute approximate surface area is 144 Å². The zero-order chi connectivity index (χ0) is 18.7. The maximum atomic E-state index is 12.6. The molecule has 0 aliphatic rings. The highest BCUT2D eigenvalue weighted by Gasteiger charge is 2.28. The van der Waals surface area contributed by atoms with Crippen molar-refractivity contribution < 1.29 is 23.9 Å². The SMILES string of the molecule is CCN(CC)C(=O)N(CC)[C@@H](COC(=O)/C=C/C(=O)OC)C(C)C. The lowest BCUT2D eigenvalue weighted by molar-refractivity contribution is -0.141. The highest BCUT2D eigenvalue weighted by Crippen LogP contribution is 2.14. The number of esters is 2. The number of rotatable bonds is 9. The highest BCUT2D eigenvalue weighted by atomic mass is 16.5. The molecule has 0 unspecified atom stereocenters. The second-order valence-corrected chi connectivity index (χ2v) is 5.54. The summed E-state index contributed by atoms with van der Waals surface area (Å²) in [5.74, 6) is -1.15. The van der Waals surface area contributed by atoms with Gasteiger partial charge in [0.05, 0.1) is 13.2 Å². The third-order valence-electron chi connectivity index (χ3n) is 3.74. The number of urea groups is 1. The van der Waals surface area contributed by atoms with Gasteiger partial charge in [-0.2, -0.15) is 0 Å². The average Bonchev–Trinajstić information content (AvgIpc) is 2.56. The normalized spacial score (nSPS) is 12.1. The Morgan fingerprint density at radius 2 is 1.50 bits per heavy atom. The van der Waals surface area contributed by atoms with Gasteiger partial charge in [0, 0.05) is 31.8 Å². The molecule has 2 amide bonds. The van der Waals surface area contributed by atoms with E-state index in [1.54, 1.807) is 9.80 Å². The number of hydrogen-bond donors (Lipinski definition) is 0. The monoisotopic (exact) mass is 342 g/mol. The summed E-state index contributed by atoms with van der Waals surface area (Å²) in [6.45, 7) is 11.5.